The van der Waals surface area contributed by atoms with Crippen LogP contribution in [0.15, 0.2) is 53.4 Å². The highest BCUT2D eigenvalue weighted by atomic mass is 32.2. The van der Waals surface area contributed by atoms with Crippen molar-refractivity contribution in [3.05, 3.63) is 76.3 Å². The number of thiazole rings is 1. The van der Waals surface area contributed by atoms with E-state index in [9.17, 15) is 0 Å². The van der Waals surface area contributed by atoms with Gasteiger partial charge in [-0.1, -0.05) is 66.6 Å². The summed E-state index contributed by atoms with van der Waals surface area (Å²) < 4.78 is 1.25. The smallest absolute Gasteiger partial charge is 0.124 e. The van der Waals surface area contributed by atoms with Gasteiger partial charge >= 0.3 is 0 Å². The van der Waals surface area contributed by atoms with Gasteiger partial charge in [-0.2, -0.15) is 0 Å². The van der Waals surface area contributed by atoms with Crippen LogP contribution in [0.5, 0.6) is 0 Å². The van der Waals surface area contributed by atoms with Crippen molar-refractivity contribution < 1.29 is 0 Å². The number of fused-ring (bicyclic) bond motifs is 1. The molecule has 4 rings (SSSR count). The molecular formula is C26H28N2S2. The minimum Gasteiger partial charge on any atom is -0.398 e. The van der Waals surface area contributed by atoms with Crippen molar-refractivity contribution in [3.63, 3.8) is 0 Å². The van der Waals surface area contributed by atoms with Crippen molar-refractivity contribution in [2.75, 3.05) is 5.73 Å². The summed E-state index contributed by atoms with van der Waals surface area (Å²) in [6, 6.07) is 17.5. The Bertz CT molecular complexity index is 1190. The molecule has 0 fully saturated rings. The van der Waals surface area contributed by atoms with E-state index in [4.69, 9.17) is 10.7 Å². The van der Waals surface area contributed by atoms with E-state index in [0.29, 0.717) is 5.25 Å². The Morgan fingerprint density at radius 3 is 2.10 bits per heavy atom. The predicted molar refractivity (Wildman–Crippen MR) is 134 cm³/mol. The van der Waals surface area contributed by atoms with Crippen molar-refractivity contribution in [1.29, 1.82) is 0 Å². The summed E-state index contributed by atoms with van der Waals surface area (Å²) in [4.78, 5) is 6.17. The molecule has 0 saturated carbocycles. The van der Waals surface area contributed by atoms with Crippen molar-refractivity contribution >= 4 is 39.0 Å². The zero-order valence-electron chi connectivity index (χ0n) is 18.2. The molecule has 1 aromatic heterocycles. The second kappa shape index (κ2) is 8.44. The molecule has 3 aromatic carbocycles. The zero-order chi connectivity index (χ0) is 21.4. The first-order valence-electron chi connectivity index (χ1n) is 10.4. The molecule has 0 spiro atoms. The van der Waals surface area contributed by atoms with Gasteiger partial charge in [0, 0.05) is 21.3 Å². The second-order valence-electron chi connectivity index (χ2n) is 7.98. The van der Waals surface area contributed by atoms with E-state index in [-0.39, 0.29) is 0 Å². The highest BCUT2D eigenvalue weighted by Gasteiger charge is 2.21. The average Bonchev–Trinajstić information content (AvgIpc) is 3.20. The fourth-order valence-electron chi connectivity index (χ4n) is 3.71. The van der Waals surface area contributed by atoms with E-state index in [1.807, 2.05) is 11.8 Å². The lowest BCUT2D eigenvalue weighted by Crippen LogP contribution is -2.00. The molecule has 2 nitrogen and oxygen atoms in total. The molecule has 1 unspecified atom stereocenters. The maximum absolute atomic E-state index is 6.67. The van der Waals surface area contributed by atoms with Crippen LogP contribution in [0, 0.1) is 27.7 Å². The van der Waals surface area contributed by atoms with E-state index in [1.54, 1.807) is 11.3 Å². The molecule has 0 radical (unpaired) electrons. The number of hydrogen-bond donors (Lipinski definition) is 1. The van der Waals surface area contributed by atoms with Crippen LogP contribution < -0.4 is 5.73 Å². The molecular weight excluding hydrogens is 404 g/mol. The van der Waals surface area contributed by atoms with Crippen LogP contribution in [0.25, 0.3) is 20.8 Å². The lowest BCUT2D eigenvalue weighted by molar-refractivity contribution is 0.893. The summed E-state index contributed by atoms with van der Waals surface area (Å²) in [6.45, 7) is 10.8. The minimum atomic E-state index is 0.382. The Morgan fingerprint density at radius 2 is 1.50 bits per heavy atom. The standard InChI is InChI=1S/C26H28N2S2/c1-6-21(19-11-7-15(2)8-12-19)29-24-18(5)25-23(17(4)22(24)27)28-26(30-25)20-13-9-16(3)10-14-20/h7-14,21H,6,27H2,1-5H3. The maximum Gasteiger partial charge on any atom is 0.124 e. The Kier molecular flexibility index (Phi) is 5.90. The first kappa shape index (κ1) is 21.0. The number of nitrogens with zero attached hydrogens (tertiary/aromatic N) is 1. The lowest BCUT2D eigenvalue weighted by Gasteiger charge is -2.19. The van der Waals surface area contributed by atoms with Gasteiger partial charge in [0.05, 0.1) is 15.9 Å². The third kappa shape index (κ3) is 3.86. The van der Waals surface area contributed by atoms with E-state index >= 15 is 0 Å². The molecule has 154 valence electrons. The zero-order valence-corrected chi connectivity index (χ0v) is 19.9. The maximum atomic E-state index is 6.67. The highest BCUT2D eigenvalue weighted by molar-refractivity contribution is 7.99. The summed E-state index contributed by atoms with van der Waals surface area (Å²) in [5.74, 6) is 0. The molecule has 0 aliphatic heterocycles. The molecule has 4 aromatic rings. The van der Waals surface area contributed by atoms with Gasteiger partial charge in [0.15, 0.2) is 0 Å². The van der Waals surface area contributed by atoms with Gasteiger partial charge in [-0.3, -0.25) is 0 Å². The molecule has 4 heteroatoms. The van der Waals surface area contributed by atoms with Crippen LogP contribution >= 0.6 is 23.1 Å². The average molecular weight is 433 g/mol. The summed E-state index contributed by atoms with van der Waals surface area (Å²) in [6.07, 6.45) is 1.06. The van der Waals surface area contributed by atoms with Gasteiger partial charge in [-0.25, -0.2) is 4.98 Å². The highest BCUT2D eigenvalue weighted by Crippen LogP contribution is 2.47. The van der Waals surface area contributed by atoms with Crippen molar-refractivity contribution in [2.24, 2.45) is 0 Å². The lowest BCUT2D eigenvalue weighted by atomic mass is 10.1. The van der Waals surface area contributed by atoms with Crippen molar-refractivity contribution in [1.82, 2.24) is 4.98 Å². The fourth-order valence-corrected chi connectivity index (χ4v) is 6.22. The van der Waals surface area contributed by atoms with Gasteiger partial charge < -0.3 is 5.73 Å². The van der Waals surface area contributed by atoms with Crippen LogP contribution in [-0.2, 0) is 0 Å². The molecule has 1 heterocycles. The molecule has 0 aliphatic rings. The van der Waals surface area contributed by atoms with Crippen molar-refractivity contribution in [3.8, 4) is 10.6 Å². The van der Waals surface area contributed by atoms with E-state index in [1.165, 1.54) is 37.4 Å². The molecule has 0 bridgehead atoms. The molecule has 1 atom stereocenters. The Hall–Kier alpha value is -2.30. The van der Waals surface area contributed by atoms with Gasteiger partial charge in [0.1, 0.15) is 5.01 Å². The van der Waals surface area contributed by atoms with Gasteiger partial charge in [-0.15, -0.1) is 23.1 Å². The largest absolute Gasteiger partial charge is 0.398 e. The van der Waals surface area contributed by atoms with Crippen LogP contribution in [0.3, 0.4) is 0 Å². The topological polar surface area (TPSA) is 38.9 Å². The number of anilines is 1. The number of hydrogen-bond acceptors (Lipinski definition) is 4. The Balaban J connectivity index is 1.78. The van der Waals surface area contributed by atoms with Gasteiger partial charge in [0.2, 0.25) is 0 Å². The monoisotopic (exact) mass is 432 g/mol. The Morgan fingerprint density at radius 1 is 0.900 bits per heavy atom. The molecule has 30 heavy (non-hydrogen) atoms. The van der Waals surface area contributed by atoms with E-state index in [0.717, 1.165) is 28.2 Å². The molecule has 0 aliphatic carbocycles. The normalized spacial score (nSPS) is 12.4. The summed E-state index contributed by atoms with van der Waals surface area (Å²) >= 11 is 3.66. The number of aromatic nitrogens is 1. The molecule has 0 saturated heterocycles. The SMILES string of the molecule is CCC(Sc1c(N)c(C)c2nc(-c3ccc(C)cc3)sc2c1C)c1ccc(C)cc1. The summed E-state index contributed by atoms with van der Waals surface area (Å²) in [5.41, 5.74) is 16.0. The first-order chi connectivity index (χ1) is 14.4. The van der Waals surface area contributed by atoms with E-state index in [2.05, 4.69) is 83.1 Å². The third-order valence-corrected chi connectivity index (χ3v) is 8.57. The predicted octanol–water partition coefficient (Wildman–Crippen LogP) is 8.02. The van der Waals surface area contributed by atoms with Crippen LogP contribution in [0.1, 0.15) is 46.4 Å². The quantitative estimate of drug-likeness (QED) is 0.256. The minimum absolute atomic E-state index is 0.382. The van der Waals surface area contributed by atoms with Crippen LogP contribution in [0.2, 0.25) is 0 Å². The fraction of sp³-hybridized carbons (Fsp3) is 0.269. The van der Waals surface area contributed by atoms with Crippen molar-refractivity contribution in [2.45, 2.75) is 51.2 Å². The summed E-state index contributed by atoms with van der Waals surface area (Å²) in [7, 11) is 0. The number of aryl methyl sites for hydroxylation is 4. The number of nitrogen functional groups attached to an aromatic ring is 1. The second-order valence-corrected chi connectivity index (χ2v) is 10.2. The Labute approximate surface area is 187 Å². The number of thioether (sulfide) groups is 1. The molecule has 0 amide bonds. The number of nitrogens with two attached hydrogens (primary N) is 1. The van der Waals surface area contributed by atoms with Gasteiger partial charge in [0.25, 0.3) is 0 Å². The molecule has 2 N–H and O–H groups in total. The summed E-state index contributed by atoms with van der Waals surface area (Å²) in [5, 5.41) is 1.44. The number of benzene rings is 3. The van der Waals surface area contributed by atoms with E-state index < -0.39 is 0 Å². The first-order valence-corrected chi connectivity index (χ1v) is 12.1. The van der Waals surface area contributed by atoms with Crippen LogP contribution in [0.4, 0.5) is 5.69 Å². The van der Waals surface area contributed by atoms with Crippen LogP contribution in [-0.4, -0.2) is 4.98 Å². The van der Waals surface area contributed by atoms with Gasteiger partial charge in [-0.05, 0) is 45.2 Å². The third-order valence-electron chi connectivity index (χ3n) is 5.69. The number of rotatable bonds is 5.